The van der Waals surface area contributed by atoms with Crippen molar-refractivity contribution in [3.63, 3.8) is 0 Å². The summed E-state index contributed by atoms with van der Waals surface area (Å²) in [4.78, 5) is 11.3. The summed E-state index contributed by atoms with van der Waals surface area (Å²) in [6.45, 7) is 5.85. The lowest BCUT2D eigenvalue weighted by Gasteiger charge is -2.28. The molecule has 1 unspecified atom stereocenters. The highest BCUT2D eigenvalue weighted by molar-refractivity contribution is 5.78. The molecule has 0 bridgehead atoms. The topological polar surface area (TPSA) is 67.8 Å². The molecule has 0 heterocycles. The second kappa shape index (κ2) is 7.14. The molecular weight excluding hydrogens is 258 g/mol. The van der Waals surface area contributed by atoms with Crippen molar-refractivity contribution >= 4 is 5.97 Å². The molecule has 0 fully saturated rings. The maximum atomic E-state index is 11.3. The first kappa shape index (κ1) is 16.3. The molecule has 0 radical (unpaired) electrons. The number of ether oxygens (including phenoxy) is 2. The fourth-order valence-corrected chi connectivity index (χ4v) is 1.92. The Hall–Kier alpha value is -1.75. The summed E-state index contributed by atoms with van der Waals surface area (Å²) in [6, 6.07) is 7.30. The van der Waals surface area contributed by atoms with Gasteiger partial charge < -0.3 is 14.6 Å². The van der Waals surface area contributed by atoms with E-state index >= 15 is 0 Å². The minimum absolute atomic E-state index is 0.0945. The van der Waals surface area contributed by atoms with Crippen LogP contribution >= 0.6 is 0 Å². The molecule has 1 aromatic carbocycles. The van der Waals surface area contributed by atoms with Crippen molar-refractivity contribution in [2.45, 2.75) is 38.8 Å². The third-order valence-electron chi connectivity index (χ3n) is 3.01. The van der Waals surface area contributed by atoms with Gasteiger partial charge in [0.1, 0.15) is 17.0 Å². The average Bonchev–Trinajstić information content (AvgIpc) is 2.38. The molecule has 20 heavy (non-hydrogen) atoms. The van der Waals surface area contributed by atoms with E-state index in [-0.39, 0.29) is 6.04 Å². The lowest BCUT2D eigenvalue weighted by molar-refractivity contribution is -0.145. The van der Waals surface area contributed by atoms with Gasteiger partial charge in [-0.15, -0.1) is 0 Å². The van der Waals surface area contributed by atoms with Gasteiger partial charge in [0.2, 0.25) is 0 Å². The summed E-state index contributed by atoms with van der Waals surface area (Å²) in [5.41, 5.74) is -0.985. The van der Waals surface area contributed by atoms with Crippen molar-refractivity contribution in [3.05, 3.63) is 24.3 Å². The van der Waals surface area contributed by atoms with Crippen LogP contribution in [0.3, 0.4) is 0 Å². The van der Waals surface area contributed by atoms with E-state index < -0.39 is 11.5 Å². The zero-order valence-corrected chi connectivity index (χ0v) is 12.5. The van der Waals surface area contributed by atoms with Crippen molar-refractivity contribution < 1.29 is 19.4 Å². The maximum Gasteiger partial charge on any atom is 0.323 e. The molecule has 2 N–H and O–H groups in total. The van der Waals surface area contributed by atoms with E-state index in [0.717, 1.165) is 5.75 Å². The van der Waals surface area contributed by atoms with E-state index in [2.05, 4.69) is 5.32 Å². The Balaban J connectivity index is 2.53. The summed E-state index contributed by atoms with van der Waals surface area (Å²) in [6.07, 6.45) is 0.381. The van der Waals surface area contributed by atoms with E-state index in [4.69, 9.17) is 9.47 Å². The van der Waals surface area contributed by atoms with Gasteiger partial charge >= 0.3 is 5.97 Å². The largest absolute Gasteiger partial charge is 0.497 e. The van der Waals surface area contributed by atoms with E-state index in [0.29, 0.717) is 18.8 Å². The van der Waals surface area contributed by atoms with E-state index in [1.165, 1.54) is 0 Å². The normalized spacial score (nSPS) is 13.8. The number of carboxylic acid groups (broad SMARTS) is 1. The van der Waals surface area contributed by atoms with Gasteiger partial charge in [-0.1, -0.05) is 0 Å². The third-order valence-corrected chi connectivity index (χ3v) is 3.01. The first-order valence-corrected chi connectivity index (χ1v) is 6.65. The predicted molar refractivity (Wildman–Crippen MR) is 77.4 cm³/mol. The van der Waals surface area contributed by atoms with Crippen molar-refractivity contribution in [3.8, 4) is 11.5 Å². The second-order valence-electron chi connectivity index (χ2n) is 5.21. The molecule has 0 aliphatic heterocycles. The van der Waals surface area contributed by atoms with Gasteiger partial charge in [0.25, 0.3) is 0 Å². The highest BCUT2D eigenvalue weighted by atomic mass is 16.5. The van der Waals surface area contributed by atoms with Crippen LogP contribution in [-0.2, 0) is 4.79 Å². The number of aliphatic carboxylic acids is 1. The van der Waals surface area contributed by atoms with Crippen LogP contribution in [0.1, 0.15) is 27.2 Å². The second-order valence-corrected chi connectivity index (χ2v) is 5.21. The fourth-order valence-electron chi connectivity index (χ4n) is 1.92. The van der Waals surface area contributed by atoms with Crippen molar-refractivity contribution in [2.24, 2.45) is 0 Å². The first-order chi connectivity index (χ1) is 9.37. The molecule has 5 nitrogen and oxygen atoms in total. The number of hydrogen-bond donors (Lipinski definition) is 2. The number of nitrogens with one attached hydrogen (secondary N) is 1. The molecule has 1 aromatic rings. The van der Waals surface area contributed by atoms with E-state index in [1.54, 1.807) is 38.3 Å². The van der Waals surface area contributed by atoms with Crippen LogP contribution in [0.15, 0.2) is 24.3 Å². The molecule has 0 amide bonds. The van der Waals surface area contributed by atoms with Gasteiger partial charge in [-0.05, 0) is 45.0 Å². The summed E-state index contributed by atoms with van der Waals surface area (Å²) >= 11 is 0. The minimum Gasteiger partial charge on any atom is -0.497 e. The van der Waals surface area contributed by atoms with Crippen LogP contribution in [0.2, 0.25) is 0 Å². The number of hydrogen-bond acceptors (Lipinski definition) is 4. The number of carboxylic acids is 1. The average molecular weight is 281 g/mol. The van der Waals surface area contributed by atoms with Gasteiger partial charge in [-0.25, -0.2) is 0 Å². The summed E-state index contributed by atoms with van der Waals surface area (Å²) < 4.78 is 10.6. The van der Waals surface area contributed by atoms with Gasteiger partial charge in [-0.3, -0.25) is 10.1 Å². The molecular formula is C15H23NO4. The molecule has 0 aromatic heterocycles. The van der Waals surface area contributed by atoms with Crippen LogP contribution in [0.4, 0.5) is 0 Å². The minimum atomic E-state index is -0.985. The Bertz CT molecular complexity index is 430. The Morgan fingerprint density at radius 2 is 1.85 bits per heavy atom. The van der Waals surface area contributed by atoms with Crippen LogP contribution in [0.5, 0.6) is 11.5 Å². The van der Waals surface area contributed by atoms with Gasteiger partial charge in [0.15, 0.2) is 0 Å². The first-order valence-electron chi connectivity index (χ1n) is 6.65. The third kappa shape index (κ3) is 4.74. The molecule has 0 saturated heterocycles. The monoisotopic (exact) mass is 281 g/mol. The summed E-state index contributed by atoms with van der Waals surface area (Å²) in [5, 5.41) is 12.4. The van der Waals surface area contributed by atoms with Gasteiger partial charge in [0, 0.05) is 12.5 Å². The van der Waals surface area contributed by atoms with Gasteiger partial charge in [0.05, 0.1) is 13.7 Å². The Morgan fingerprint density at radius 1 is 1.30 bits per heavy atom. The summed E-state index contributed by atoms with van der Waals surface area (Å²) in [5.74, 6) is 0.585. The van der Waals surface area contributed by atoms with E-state index in [1.807, 2.05) is 13.8 Å². The van der Waals surface area contributed by atoms with Crippen molar-refractivity contribution in [2.75, 3.05) is 13.7 Å². The molecule has 0 aliphatic carbocycles. The van der Waals surface area contributed by atoms with E-state index in [9.17, 15) is 9.90 Å². The van der Waals surface area contributed by atoms with Crippen molar-refractivity contribution in [1.82, 2.24) is 5.32 Å². The molecule has 1 atom stereocenters. The number of rotatable bonds is 8. The Kier molecular flexibility index (Phi) is 5.82. The zero-order valence-electron chi connectivity index (χ0n) is 12.5. The Morgan fingerprint density at radius 3 is 2.30 bits per heavy atom. The molecule has 112 valence electrons. The fraction of sp³-hybridized carbons (Fsp3) is 0.533. The number of carbonyl (C=O) groups is 1. The van der Waals surface area contributed by atoms with Crippen LogP contribution in [0.25, 0.3) is 0 Å². The SMILES string of the molecule is COc1ccc(OCCC(C)(NC(C)C)C(=O)O)cc1. The predicted octanol–water partition coefficient (Wildman–Crippen LogP) is 2.31. The van der Waals surface area contributed by atoms with Crippen molar-refractivity contribution in [1.29, 1.82) is 0 Å². The lowest BCUT2D eigenvalue weighted by atomic mass is 9.97. The van der Waals surface area contributed by atoms with Crippen LogP contribution in [-0.4, -0.2) is 36.4 Å². The maximum absolute atomic E-state index is 11.3. The lowest BCUT2D eigenvalue weighted by Crippen LogP contribution is -2.53. The molecule has 5 heteroatoms. The summed E-state index contributed by atoms with van der Waals surface area (Å²) in [7, 11) is 1.60. The highest BCUT2D eigenvalue weighted by Gasteiger charge is 2.33. The molecule has 0 spiro atoms. The number of benzene rings is 1. The quantitative estimate of drug-likeness (QED) is 0.765. The van der Waals surface area contributed by atoms with Crippen LogP contribution in [0, 0.1) is 0 Å². The Labute approximate surface area is 119 Å². The zero-order chi connectivity index (χ0) is 15.2. The van der Waals surface area contributed by atoms with Crippen LogP contribution < -0.4 is 14.8 Å². The number of methoxy groups -OCH3 is 1. The standard InChI is InChI=1S/C15H23NO4/c1-11(2)16-15(3,14(17)18)9-10-20-13-7-5-12(19-4)6-8-13/h5-8,11,16H,9-10H2,1-4H3,(H,17,18). The highest BCUT2D eigenvalue weighted by Crippen LogP contribution is 2.18. The molecule has 0 aliphatic rings. The van der Waals surface area contributed by atoms with Gasteiger partial charge in [-0.2, -0.15) is 0 Å². The molecule has 1 rings (SSSR count). The molecule has 0 saturated carbocycles. The smallest absolute Gasteiger partial charge is 0.323 e.